The van der Waals surface area contributed by atoms with Crippen LogP contribution in [-0.2, 0) is 6.54 Å². The Balaban J connectivity index is 2.50. The lowest BCUT2D eigenvalue weighted by molar-refractivity contribution is 0.395. The quantitative estimate of drug-likeness (QED) is 0.476. The molecule has 0 radical (unpaired) electrons. The molecule has 0 aliphatic rings. The lowest BCUT2D eigenvalue weighted by Crippen LogP contribution is -2.18. The summed E-state index contributed by atoms with van der Waals surface area (Å²) in [4.78, 5) is 18.7. The zero-order chi connectivity index (χ0) is 17.7. The molecule has 0 aliphatic heterocycles. The van der Waals surface area contributed by atoms with Crippen molar-refractivity contribution in [1.82, 2.24) is 9.55 Å². The number of benzene rings is 1. The first-order valence-corrected chi connectivity index (χ1v) is 7.35. The van der Waals surface area contributed by atoms with Crippen molar-refractivity contribution in [3.05, 3.63) is 51.5 Å². The van der Waals surface area contributed by atoms with Gasteiger partial charge in [0.05, 0.1) is 14.2 Å². The minimum absolute atomic E-state index is 0.0108. The molecule has 8 heteroatoms. The van der Waals surface area contributed by atoms with Crippen LogP contribution < -0.4 is 15.0 Å². The van der Waals surface area contributed by atoms with E-state index < -0.39 is 5.56 Å². The molecule has 0 atom stereocenters. The second-order valence-corrected chi connectivity index (χ2v) is 5.08. The molecule has 0 saturated carbocycles. The van der Waals surface area contributed by atoms with Gasteiger partial charge in [0.1, 0.15) is 22.7 Å². The average molecular weight is 347 g/mol. The molecule has 2 rings (SSSR count). The van der Waals surface area contributed by atoms with E-state index in [1.165, 1.54) is 17.9 Å². The number of hydrogen-bond donors (Lipinski definition) is 2. The number of aromatic amines is 1. The van der Waals surface area contributed by atoms with Crippen LogP contribution in [0, 0.1) is 4.77 Å². The van der Waals surface area contributed by atoms with Gasteiger partial charge in [-0.2, -0.15) is 0 Å². The average Bonchev–Trinajstić information content (AvgIpc) is 2.58. The number of ether oxygens (including phenoxy) is 2. The Morgan fingerprint density at radius 3 is 2.79 bits per heavy atom. The van der Waals surface area contributed by atoms with Crippen LogP contribution in [0.15, 0.2) is 40.6 Å². The van der Waals surface area contributed by atoms with Crippen molar-refractivity contribution in [1.29, 1.82) is 0 Å². The SMILES string of the molecule is C=CCn1c(O)c(C=Nc2ccc(OC)cc2OC)c(=O)[nH]c1=S. The Kier molecular flexibility index (Phi) is 5.54. The van der Waals surface area contributed by atoms with Crippen molar-refractivity contribution in [2.45, 2.75) is 6.54 Å². The van der Waals surface area contributed by atoms with Gasteiger partial charge in [0.25, 0.3) is 5.56 Å². The lowest BCUT2D eigenvalue weighted by atomic mass is 10.2. The van der Waals surface area contributed by atoms with E-state index in [0.717, 1.165) is 0 Å². The predicted octanol–water partition coefficient (Wildman–Crippen LogP) is 2.57. The second-order valence-electron chi connectivity index (χ2n) is 4.69. The van der Waals surface area contributed by atoms with Gasteiger partial charge in [0.15, 0.2) is 4.77 Å². The van der Waals surface area contributed by atoms with Crippen molar-refractivity contribution in [3.8, 4) is 17.4 Å². The normalized spacial score (nSPS) is 10.8. The number of aromatic hydroxyl groups is 1. The van der Waals surface area contributed by atoms with Gasteiger partial charge < -0.3 is 14.6 Å². The maximum Gasteiger partial charge on any atom is 0.264 e. The molecule has 1 heterocycles. The summed E-state index contributed by atoms with van der Waals surface area (Å²) in [5.74, 6) is 0.811. The summed E-state index contributed by atoms with van der Waals surface area (Å²) in [7, 11) is 3.05. The van der Waals surface area contributed by atoms with Crippen LogP contribution in [0.2, 0.25) is 0 Å². The van der Waals surface area contributed by atoms with Crippen molar-refractivity contribution in [2.24, 2.45) is 4.99 Å². The molecule has 0 amide bonds. The van der Waals surface area contributed by atoms with Gasteiger partial charge in [-0.15, -0.1) is 6.58 Å². The fourth-order valence-electron chi connectivity index (χ4n) is 2.02. The summed E-state index contributed by atoms with van der Waals surface area (Å²) in [5.41, 5.74) is -0.0628. The molecular formula is C16H17N3O4S. The first-order chi connectivity index (χ1) is 11.5. The maximum atomic E-state index is 12.0. The Morgan fingerprint density at radius 1 is 1.42 bits per heavy atom. The first-order valence-electron chi connectivity index (χ1n) is 6.95. The molecule has 24 heavy (non-hydrogen) atoms. The van der Waals surface area contributed by atoms with E-state index in [9.17, 15) is 9.90 Å². The lowest BCUT2D eigenvalue weighted by Gasteiger charge is -2.09. The van der Waals surface area contributed by atoms with Crippen molar-refractivity contribution in [3.63, 3.8) is 0 Å². The third-order valence-electron chi connectivity index (χ3n) is 3.24. The molecule has 0 saturated heterocycles. The maximum absolute atomic E-state index is 12.0. The van der Waals surface area contributed by atoms with Crippen LogP contribution in [0.5, 0.6) is 17.4 Å². The fraction of sp³-hybridized carbons (Fsp3) is 0.188. The summed E-state index contributed by atoms with van der Waals surface area (Å²) in [5, 5.41) is 10.3. The number of aromatic nitrogens is 2. The Bertz CT molecular complexity index is 899. The van der Waals surface area contributed by atoms with Gasteiger partial charge >= 0.3 is 0 Å². The second kappa shape index (κ2) is 7.60. The molecule has 0 aliphatic carbocycles. The number of hydrogen-bond acceptors (Lipinski definition) is 6. The molecule has 1 aromatic carbocycles. The van der Waals surface area contributed by atoms with E-state index in [1.807, 2.05) is 0 Å². The monoisotopic (exact) mass is 347 g/mol. The largest absolute Gasteiger partial charge is 0.497 e. The number of rotatable bonds is 6. The minimum atomic E-state index is -0.533. The van der Waals surface area contributed by atoms with E-state index in [2.05, 4.69) is 16.6 Å². The van der Waals surface area contributed by atoms with E-state index in [4.69, 9.17) is 21.7 Å². The fourth-order valence-corrected chi connectivity index (χ4v) is 2.27. The van der Waals surface area contributed by atoms with Gasteiger partial charge in [0, 0.05) is 18.8 Å². The highest BCUT2D eigenvalue weighted by Gasteiger charge is 2.11. The number of nitrogens with zero attached hydrogens (tertiary/aromatic N) is 2. The van der Waals surface area contributed by atoms with E-state index in [-0.39, 0.29) is 22.8 Å². The van der Waals surface area contributed by atoms with Crippen molar-refractivity contribution >= 4 is 24.1 Å². The topological polar surface area (TPSA) is 88.8 Å². The molecule has 0 bridgehead atoms. The molecule has 126 valence electrons. The molecule has 0 spiro atoms. The summed E-state index contributed by atoms with van der Waals surface area (Å²) < 4.78 is 11.8. The zero-order valence-corrected chi connectivity index (χ0v) is 14.1. The number of H-pyrrole nitrogens is 1. The summed E-state index contributed by atoms with van der Waals surface area (Å²) in [6, 6.07) is 5.06. The zero-order valence-electron chi connectivity index (χ0n) is 13.3. The molecular weight excluding hydrogens is 330 g/mol. The highest BCUT2D eigenvalue weighted by molar-refractivity contribution is 7.71. The Morgan fingerprint density at radius 2 is 2.17 bits per heavy atom. The number of nitrogens with one attached hydrogen (secondary N) is 1. The van der Waals surface area contributed by atoms with E-state index >= 15 is 0 Å². The molecule has 2 aromatic rings. The summed E-state index contributed by atoms with van der Waals surface area (Å²) in [6.07, 6.45) is 2.81. The van der Waals surface area contributed by atoms with Crippen molar-refractivity contribution in [2.75, 3.05) is 14.2 Å². The first kappa shape index (κ1) is 17.5. The summed E-state index contributed by atoms with van der Waals surface area (Å²) >= 11 is 5.02. The van der Waals surface area contributed by atoms with Gasteiger partial charge in [-0.05, 0) is 24.4 Å². The van der Waals surface area contributed by atoms with Crippen LogP contribution in [0.1, 0.15) is 5.56 Å². The van der Waals surface area contributed by atoms with Crippen LogP contribution >= 0.6 is 12.2 Å². The van der Waals surface area contributed by atoms with Crippen LogP contribution in [0.3, 0.4) is 0 Å². The van der Waals surface area contributed by atoms with Crippen LogP contribution in [0.4, 0.5) is 5.69 Å². The molecule has 7 nitrogen and oxygen atoms in total. The molecule has 0 unspecified atom stereocenters. The van der Waals surface area contributed by atoms with Crippen LogP contribution in [-0.4, -0.2) is 35.1 Å². The number of allylic oxidation sites excluding steroid dienone is 1. The molecule has 2 N–H and O–H groups in total. The highest BCUT2D eigenvalue weighted by Crippen LogP contribution is 2.31. The standard InChI is InChI=1S/C16H17N3O4S/c1-4-7-19-15(21)11(14(20)18-16(19)24)9-17-12-6-5-10(22-2)8-13(12)23-3/h4-6,8-9,21H,1,7H2,2-3H3,(H,18,20,24). The summed E-state index contributed by atoms with van der Waals surface area (Å²) in [6.45, 7) is 3.85. The van der Waals surface area contributed by atoms with Gasteiger partial charge in [-0.3, -0.25) is 19.3 Å². The van der Waals surface area contributed by atoms with Gasteiger partial charge in [-0.25, -0.2) is 0 Å². The Labute approximate surface area is 143 Å². The highest BCUT2D eigenvalue weighted by atomic mass is 32.1. The van der Waals surface area contributed by atoms with Gasteiger partial charge in [-0.1, -0.05) is 6.08 Å². The predicted molar refractivity (Wildman–Crippen MR) is 94.5 cm³/mol. The van der Waals surface area contributed by atoms with E-state index in [0.29, 0.717) is 17.2 Å². The smallest absolute Gasteiger partial charge is 0.264 e. The van der Waals surface area contributed by atoms with Gasteiger partial charge in [0.2, 0.25) is 5.88 Å². The third-order valence-corrected chi connectivity index (χ3v) is 3.56. The minimum Gasteiger partial charge on any atom is -0.497 e. The molecule has 1 aromatic heterocycles. The molecule has 0 fully saturated rings. The Hall–Kier alpha value is -2.87. The third kappa shape index (κ3) is 3.54. The number of methoxy groups -OCH3 is 2. The van der Waals surface area contributed by atoms with Crippen LogP contribution in [0.25, 0.3) is 0 Å². The van der Waals surface area contributed by atoms with Crippen molar-refractivity contribution < 1.29 is 14.6 Å². The number of aliphatic imine (C=N–C) groups is 1. The van der Waals surface area contributed by atoms with E-state index in [1.54, 1.807) is 31.4 Å².